The first-order valence-electron chi connectivity index (χ1n) is 9.83. The second-order valence-corrected chi connectivity index (χ2v) is 6.73. The summed E-state index contributed by atoms with van der Waals surface area (Å²) in [6, 6.07) is 13.9. The van der Waals surface area contributed by atoms with Gasteiger partial charge in [0.2, 0.25) is 17.5 Å². The Bertz CT molecular complexity index is 1220. The first-order chi connectivity index (χ1) is 16.8. The van der Waals surface area contributed by atoms with Crippen molar-refractivity contribution in [1.29, 1.82) is 0 Å². The van der Waals surface area contributed by atoms with Gasteiger partial charge >= 0.3 is 5.69 Å². The third-order valence-electron chi connectivity index (χ3n) is 4.27. The van der Waals surface area contributed by atoms with Gasteiger partial charge in [-0.05, 0) is 17.7 Å². The fourth-order valence-corrected chi connectivity index (χ4v) is 2.66. The molecule has 2 amide bonds. The number of ether oxygens (including phenoxy) is 1. The summed E-state index contributed by atoms with van der Waals surface area (Å²) in [5.41, 5.74) is 8.87. The van der Waals surface area contributed by atoms with E-state index in [4.69, 9.17) is 4.74 Å². The van der Waals surface area contributed by atoms with E-state index in [1.807, 2.05) is 0 Å². The molecular formula is C20H18N8O7. The minimum absolute atomic E-state index is 0.123. The number of hydrogen-bond donors (Lipinski definition) is 4. The molecule has 0 unspecified atom stereocenters. The van der Waals surface area contributed by atoms with Gasteiger partial charge in [0.15, 0.2) is 6.61 Å². The standard InChI is InChI=1S/C20H18N8O7/c29-16(10-13-6-8-14(9-7-13)27(31)32)23-25-19-18(28(33)34)20(22-12-21-19)26-24-17(30)11-35-15-4-2-1-3-5-15/h1-9,12H,10-11H2,(H,23,29)(H,24,30)(H2,21,22,25,26). The second kappa shape index (κ2) is 11.5. The molecule has 0 aliphatic heterocycles. The normalized spacial score (nSPS) is 10.1. The summed E-state index contributed by atoms with van der Waals surface area (Å²) in [5, 5.41) is 22.3. The van der Waals surface area contributed by atoms with Crippen LogP contribution in [0.15, 0.2) is 60.9 Å². The van der Waals surface area contributed by atoms with E-state index in [2.05, 4.69) is 31.7 Å². The van der Waals surface area contributed by atoms with Crippen molar-refractivity contribution in [2.24, 2.45) is 0 Å². The summed E-state index contributed by atoms with van der Waals surface area (Å²) in [4.78, 5) is 52.5. The van der Waals surface area contributed by atoms with Gasteiger partial charge in [-0.1, -0.05) is 30.3 Å². The molecular weight excluding hydrogens is 464 g/mol. The van der Waals surface area contributed by atoms with Crippen LogP contribution in [0.5, 0.6) is 5.75 Å². The van der Waals surface area contributed by atoms with Crippen molar-refractivity contribution in [1.82, 2.24) is 20.8 Å². The van der Waals surface area contributed by atoms with Crippen LogP contribution in [0.4, 0.5) is 23.0 Å². The van der Waals surface area contributed by atoms with Crippen LogP contribution in [0.2, 0.25) is 0 Å². The molecule has 2 aromatic carbocycles. The maximum atomic E-state index is 12.2. The first kappa shape index (κ1) is 24.3. The minimum Gasteiger partial charge on any atom is -0.484 e. The lowest BCUT2D eigenvalue weighted by Crippen LogP contribution is -2.35. The number of rotatable bonds is 11. The van der Waals surface area contributed by atoms with Gasteiger partial charge < -0.3 is 4.74 Å². The maximum Gasteiger partial charge on any atom is 0.356 e. The van der Waals surface area contributed by atoms with Crippen LogP contribution < -0.4 is 26.4 Å². The summed E-state index contributed by atoms with van der Waals surface area (Å²) < 4.78 is 5.28. The molecule has 1 aromatic heterocycles. The van der Waals surface area contributed by atoms with Crippen molar-refractivity contribution in [2.75, 3.05) is 17.5 Å². The quantitative estimate of drug-likeness (QED) is 0.228. The smallest absolute Gasteiger partial charge is 0.356 e. The number of para-hydroxylation sites is 1. The van der Waals surface area contributed by atoms with E-state index in [1.54, 1.807) is 30.3 Å². The van der Waals surface area contributed by atoms with Gasteiger partial charge in [-0.25, -0.2) is 9.97 Å². The summed E-state index contributed by atoms with van der Waals surface area (Å²) >= 11 is 0. The molecule has 0 fully saturated rings. The first-order valence-corrected chi connectivity index (χ1v) is 9.83. The third-order valence-corrected chi connectivity index (χ3v) is 4.27. The van der Waals surface area contributed by atoms with Crippen LogP contribution in [0, 0.1) is 20.2 Å². The molecule has 0 aliphatic carbocycles. The molecule has 35 heavy (non-hydrogen) atoms. The molecule has 0 radical (unpaired) electrons. The molecule has 1 heterocycles. The number of nitrogens with one attached hydrogen (secondary N) is 4. The van der Waals surface area contributed by atoms with E-state index in [-0.39, 0.29) is 30.4 Å². The second-order valence-electron chi connectivity index (χ2n) is 6.73. The lowest BCUT2D eigenvalue weighted by atomic mass is 10.1. The van der Waals surface area contributed by atoms with Crippen molar-refractivity contribution in [3.63, 3.8) is 0 Å². The van der Waals surface area contributed by atoms with Gasteiger partial charge in [0.1, 0.15) is 12.1 Å². The van der Waals surface area contributed by atoms with E-state index in [9.17, 15) is 29.8 Å². The van der Waals surface area contributed by atoms with Crippen LogP contribution in [0.25, 0.3) is 0 Å². The number of non-ortho nitro benzene ring substituents is 1. The Hall–Kier alpha value is -5.34. The monoisotopic (exact) mass is 482 g/mol. The predicted octanol–water partition coefficient (Wildman–Crippen LogP) is 1.50. The molecule has 0 atom stereocenters. The number of hydrogen-bond acceptors (Lipinski definition) is 11. The summed E-state index contributed by atoms with van der Waals surface area (Å²) in [6.07, 6.45) is 0.819. The van der Waals surface area contributed by atoms with Gasteiger partial charge in [0.05, 0.1) is 16.3 Å². The predicted molar refractivity (Wildman–Crippen MR) is 121 cm³/mol. The number of benzene rings is 2. The highest BCUT2D eigenvalue weighted by atomic mass is 16.6. The highest BCUT2D eigenvalue weighted by Crippen LogP contribution is 2.27. The summed E-state index contributed by atoms with van der Waals surface area (Å²) in [5.74, 6) is -1.45. The lowest BCUT2D eigenvalue weighted by Gasteiger charge is -2.12. The molecule has 15 heteroatoms. The molecule has 0 aliphatic rings. The van der Waals surface area contributed by atoms with E-state index in [0.29, 0.717) is 11.3 Å². The zero-order valence-corrected chi connectivity index (χ0v) is 17.8. The average Bonchev–Trinajstić information content (AvgIpc) is 2.85. The molecule has 3 rings (SSSR count). The maximum absolute atomic E-state index is 12.2. The number of amides is 2. The SMILES string of the molecule is O=C(COc1ccccc1)NNc1ncnc(NNC(=O)Cc2ccc([N+](=O)[O-])cc2)c1[N+](=O)[O-]. The van der Waals surface area contributed by atoms with Gasteiger partial charge in [-0.2, -0.15) is 0 Å². The van der Waals surface area contributed by atoms with Gasteiger partial charge in [-0.3, -0.25) is 51.5 Å². The van der Waals surface area contributed by atoms with E-state index in [0.717, 1.165) is 6.33 Å². The van der Waals surface area contributed by atoms with Crippen LogP contribution in [0.1, 0.15) is 5.56 Å². The topological polar surface area (TPSA) is 204 Å². The van der Waals surface area contributed by atoms with E-state index in [1.165, 1.54) is 24.3 Å². The molecule has 3 aromatic rings. The molecule has 0 saturated carbocycles. The van der Waals surface area contributed by atoms with Crippen molar-refractivity contribution in [3.8, 4) is 5.75 Å². The number of carbonyl (C=O) groups is 2. The largest absolute Gasteiger partial charge is 0.484 e. The average molecular weight is 482 g/mol. The molecule has 180 valence electrons. The van der Waals surface area contributed by atoms with Crippen molar-refractivity contribution >= 4 is 34.8 Å². The van der Waals surface area contributed by atoms with Crippen LogP contribution >= 0.6 is 0 Å². The Labute approximate surface area is 196 Å². The fourth-order valence-electron chi connectivity index (χ4n) is 2.66. The van der Waals surface area contributed by atoms with E-state index >= 15 is 0 Å². The lowest BCUT2D eigenvalue weighted by molar-refractivity contribution is -0.384. The number of nitro benzene ring substituents is 1. The number of nitro groups is 2. The number of aromatic nitrogens is 2. The summed E-state index contributed by atoms with van der Waals surface area (Å²) in [7, 11) is 0. The zero-order valence-electron chi connectivity index (χ0n) is 17.8. The Balaban J connectivity index is 1.57. The van der Waals surface area contributed by atoms with Crippen LogP contribution in [-0.4, -0.2) is 38.2 Å². The zero-order chi connectivity index (χ0) is 25.2. The third kappa shape index (κ3) is 7.07. The van der Waals surface area contributed by atoms with Crippen molar-refractivity contribution in [2.45, 2.75) is 6.42 Å². The Morgan fingerprint density at radius 3 is 2.00 bits per heavy atom. The molecule has 15 nitrogen and oxygen atoms in total. The Morgan fingerprint density at radius 1 is 0.829 bits per heavy atom. The minimum atomic E-state index is -0.806. The molecule has 0 spiro atoms. The van der Waals surface area contributed by atoms with Crippen LogP contribution in [0.3, 0.4) is 0 Å². The highest BCUT2D eigenvalue weighted by molar-refractivity contribution is 5.82. The van der Waals surface area contributed by atoms with Crippen molar-refractivity contribution in [3.05, 3.63) is 86.7 Å². The van der Waals surface area contributed by atoms with Gasteiger partial charge in [-0.15, -0.1) is 0 Å². The Kier molecular flexibility index (Phi) is 7.99. The van der Waals surface area contributed by atoms with Gasteiger partial charge in [0.25, 0.3) is 11.6 Å². The number of anilines is 2. The molecule has 4 N–H and O–H groups in total. The van der Waals surface area contributed by atoms with Crippen LogP contribution in [-0.2, 0) is 16.0 Å². The molecule has 0 bridgehead atoms. The number of nitrogens with zero attached hydrogens (tertiary/aromatic N) is 4. The Morgan fingerprint density at radius 2 is 1.43 bits per heavy atom. The van der Waals surface area contributed by atoms with E-state index < -0.39 is 27.3 Å². The highest BCUT2D eigenvalue weighted by Gasteiger charge is 2.24. The number of carbonyl (C=O) groups excluding carboxylic acids is 2. The molecule has 0 saturated heterocycles. The number of hydrazine groups is 2. The fraction of sp³-hybridized carbons (Fsp3) is 0.100. The summed E-state index contributed by atoms with van der Waals surface area (Å²) in [6.45, 7) is -0.361. The van der Waals surface area contributed by atoms with Crippen molar-refractivity contribution < 1.29 is 24.2 Å². The van der Waals surface area contributed by atoms with Gasteiger partial charge in [0, 0.05) is 12.1 Å².